The summed E-state index contributed by atoms with van der Waals surface area (Å²) >= 11 is 0. The van der Waals surface area contributed by atoms with E-state index in [9.17, 15) is 19.2 Å². The van der Waals surface area contributed by atoms with E-state index in [1.807, 2.05) is 12.1 Å². The molecule has 2 N–H and O–H groups in total. The third kappa shape index (κ3) is 4.74. The van der Waals surface area contributed by atoms with Crippen LogP contribution in [0.25, 0.3) is 10.8 Å². The number of rotatable bonds is 6. The lowest BCUT2D eigenvalue weighted by Gasteiger charge is -2.40. The fraction of sp³-hybridized carbons (Fsp3) is 0.269. The molecule has 0 saturated carbocycles. The van der Waals surface area contributed by atoms with Gasteiger partial charge in [0.1, 0.15) is 11.6 Å². The number of aromatic nitrogens is 4. The first-order valence-electron chi connectivity index (χ1n) is 11.7. The highest BCUT2D eigenvalue weighted by Gasteiger charge is 2.32. The van der Waals surface area contributed by atoms with Gasteiger partial charge in [0, 0.05) is 43.8 Å². The van der Waals surface area contributed by atoms with Gasteiger partial charge in [0.15, 0.2) is 0 Å². The van der Waals surface area contributed by atoms with Crippen molar-refractivity contribution in [3.63, 3.8) is 0 Å². The molecule has 1 fully saturated rings. The number of nitriles is 1. The molecule has 1 aliphatic heterocycles. The number of carbonyl (C=O) groups is 1. The van der Waals surface area contributed by atoms with Crippen molar-refractivity contribution in [3.8, 4) is 6.07 Å². The molecule has 3 heterocycles. The van der Waals surface area contributed by atoms with Crippen molar-refractivity contribution in [1.82, 2.24) is 30.0 Å². The number of piperazine rings is 1. The Labute approximate surface area is 206 Å². The number of imidazole rings is 1. The van der Waals surface area contributed by atoms with Crippen LogP contribution in [0.3, 0.4) is 0 Å². The molecule has 1 saturated heterocycles. The minimum Gasteiger partial charge on any atom is -0.348 e. The third-order valence-electron chi connectivity index (χ3n) is 6.49. The standard InChI is InChI=1S/C26H24FN7O2/c27-22-6-5-17(14-23-19-3-1-2-4-20(19)25(35)32-31-23)13-21(22)26(36)34-12-11-33(15-18(34)7-8-28)16-24-29-9-10-30-24/h1-6,9-10,13,18H,7,11-12,14-16H2,(H,29,30)(H,32,35)/t18-/m1/s1. The number of amides is 1. The summed E-state index contributed by atoms with van der Waals surface area (Å²) in [6, 6.07) is 13.4. The second kappa shape index (κ2) is 10.1. The molecule has 2 aromatic carbocycles. The van der Waals surface area contributed by atoms with E-state index in [2.05, 4.69) is 31.1 Å². The van der Waals surface area contributed by atoms with Gasteiger partial charge in [-0.2, -0.15) is 10.4 Å². The summed E-state index contributed by atoms with van der Waals surface area (Å²) in [5.74, 6) is -0.240. The molecule has 0 bridgehead atoms. The van der Waals surface area contributed by atoms with Crippen LogP contribution in [-0.4, -0.2) is 61.5 Å². The van der Waals surface area contributed by atoms with Crippen LogP contribution in [0.4, 0.5) is 4.39 Å². The smallest absolute Gasteiger partial charge is 0.272 e. The molecule has 0 unspecified atom stereocenters. The van der Waals surface area contributed by atoms with Gasteiger partial charge in [-0.15, -0.1) is 0 Å². The lowest BCUT2D eigenvalue weighted by Crippen LogP contribution is -2.55. The zero-order valence-corrected chi connectivity index (χ0v) is 19.4. The van der Waals surface area contributed by atoms with E-state index in [1.165, 1.54) is 12.1 Å². The fourth-order valence-electron chi connectivity index (χ4n) is 4.71. The summed E-state index contributed by atoms with van der Waals surface area (Å²) in [4.78, 5) is 36.6. The Bertz CT molecular complexity index is 1490. The summed E-state index contributed by atoms with van der Waals surface area (Å²) in [5, 5.41) is 17.3. The molecule has 0 radical (unpaired) electrons. The molecule has 36 heavy (non-hydrogen) atoms. The normalized spacial score (nSPS) is 16.2. The molecule has 182 valence electrons. The highest BCUT2D eigenvalue weighted by molar-refractivity contribution is 5.95. The Morgan fingerprint density at radius 3 is 2.81 bits per heavy atom. The van der Waals surface area contributed by atoms with E-state index in [4.69, 9.17) is 0 Å². The monoisotopic (exact) mass is 485 g/mol. The van der Waals surface area contributed by atoms with Crippen LogP contribution in [0.1, 0.15) is 33.9 Å². The van der Waals surface area contributed by atoms with Crippen molar-refractivity contribution in [3.05, 3.63) is 93.7 Å². The largest absolute Gasteiger partial charge is 0.348 e. The lowest BCUT2D eigenvalue weighted by atomic mass is 10.0. The van der Waals surface area contributed by atoms with E-state index in [-0.39, 0.29) is 23.6 Å². The average Bonchev–Trinajstić information content (AvgIpc) is 3.40. The topological polar surface area (TPSA) is 122 Å². The van der Waals surface area contributed by atoms with Gasteiger partial charge >= 0.3 is 0 Å². The second-order valence-electron chi connectivity index (χ2n) is 8.82. The predicted octanol–water partition coefficient (Wildman–Crippen LogP) is 2.62. The quantitative estimate of drug-likeness (QED) is 0.433. The summed E-state index contributed by atoms with van der Waals surface area (Å²) in [5.41, 5.74) is 1.00. The molecule has 1 aliphatic rings. The highest BCUT2D eigenvalue weighted by atomic mass is 19.1. The molecule has 2 aromatic heterocycles. The molecule has 9 nitrogen and oxygen atoms in total. The number of H-pyrrole nitrogens is 2. The van der Waals surface area contributed by atoms with Crippen LogP contribution >= 0.6 is 0 Å². The van der Waals surface area contributed by atoms with E-state index in [1.54, 1.807) is 35.5 Å². The molecule has 1 amide bonds. The predicted molar refractivity (Wildman–Crippen MR) is 130 cm³/mol. The van der Waals surface area contributed by atoms with Gasteiger partial charge in [-0.05, 0) is 23.8 Å². The molecule has 4 aromatic rings. The summed E-state index contributed by atoms with van der Waals surface area (Å²) in [6.45, 7) is 2.04. The Kier molecular flexibility index (Phi) is 6.56. The van der Waals surface area contributed by atoms with Gasteiger partial charge in [-0.25, -0.2) is 14.5 Å². The van der Waals surface area contributed by atoms with Crippen LogP contribution in [0.2, 0.25) is 0 Å². The number of nitrogens with one attached hydrogen (secondary N) is 2. The minimum absolute atomic E-state index is 0.0383. The van der Waals surface area contributed by atoms with Crippen LogP contribution in [0.5, 0.6) is 0 Å². The first kappa shape index (κ1) is 23.4. The van der Waals surface area contributed by atoms with Crippen LogP contribution in [0.15, 0.2) is 59.7 Å². The first-order valence-corrected chi connectivity index (χ1v) is 11.7. The van der Waals surface area contributed by atoms with Crippen molar-refractivity contribution in [2.45, 2.75) is 25.4 Å². The van der Waals surface area contributed by atoms with E-state index >= 15 is 0 Å². The zero-order chi connectivity index (χ0) is 25.1. The van der Waals surface area contributed by atoms with Gasteiger partial charge in [0.25, 0.3) is 11.5 Å². The maximum absolute atomic E-state index is 14.9. The third-order valence-corrected chi connectivity index (χ3v) is 6.49. The Hall–Kier alpha value is -4.36. The van der Waals surface area contributed by atoms with E-state index < -0.39 is 11.7 Å². The van der Waals surface area contributed by atoms with E-state index in [0.717, 1.165) is 5.82 Å². The van der Waals surface area contributed by atoms with Crippen LogP contribution < -0.4 is 5.56 Å². The number of hydrogen-bond acceptors (Lipinski definition) is 6. The number of aromatic amines is 2. The molecular weight excluding hydrogens is 461 g/mol. The van der Waals surface area contributed by atoms with Crippen molar-refractivity contribution >= 4 is 16.7 Å². The van der Waals surface area contributed by atoms with Gasteiger partial charge in [-0.1, -0.05) is 24.3 Å². The van der Waals surface area contributed by atoms with Crippen LogP contribution in [-0.2, 0) is 13.0 Å². The average molecular weight is 486 g/mol. The van der Waals surface area contributed by atoms with E-state index in [0.29, 0.717) is 54.6 Å². The molecule has 10 heteroatoms. The maximum atomic E-state index is 14.9. The van der Waals surface area contributed by atoms with Crippen molar-refractivity contribution < 1.29 is 9.18 Å². The van der Waals surface area contributed by atoms with Gasteiger partial charge < -0.3 is 9.88 Å². The minimum atomic E-state index is -0.614. The number of nitrogens with zero attached hydrogens (tertiary/aromatic N) is 5. The number of benzene rings is 2. The van der Waals surface area contributed by atoms with Crippen molar-refractivity contribution in [1.29, 1.82) is 5.26 Å². The summed E-state index contributed by atoms with van der Waals surface area (Å²) in [6.07, 6.45) is 3.90. The highest BCUT2D eigenvalue weighted by Crippen LogP contribution is 2.22. The lowest BCUT2D eigenvalue weighted by molar-refractivity contribution is 0.0439. The van der Waals surface area contributed by atoms with Crippen molar-refractivity contribution in [2.24, 2.45) is 0 Å². The van der Waals surface area contributed by atoms with Gasteiger partial charge in [0.05, 0.1) is 41.7 Å². The maximum Gasteiger partial charge on any atom is 0.272 e. The number of halogens is 1. The number of hydrogen-bond donors (Lipinski definition) is 2. The molecular formula is C26H24FN7O2. The van der Waals surface area contributed by atoms with Crippen molar-refractivity contribution in [2.75, 3.05) is 19.6 Å². The van der Waals surface area contributed by atoms with Gasteiger partial charge in [-0.3, -0.25) is 14.5 Å². The fourth-order valence-corrected chi connectivity index (χ4v) is 4.71. The zero-order valence-electron chi connectivity index (χ0n) is 19.4. The summed E-state index contributed by atoms with van der Waals surface area (Å²) < 4.78 is 14.9. The molecule has 0 aliphatic carbocycles. The summed E-state index contributed by atoms with van der Waals surface area (Å²) in [7, 11) is 0. The van der Waals surface area contributed by atoms with Gasteiger partial charge in [0.2, 0.25) is 0 Å². The first-order chi connectivity index (χ1) is 17.5. The number of fused-ring (bicyclic) bond motifs is 1. The number of carbonyl (C=O) groups excluding carboxylic acids is 1. The Balaban J connectivity index is 1.38. The molecule has 5 rings (SSSR count). The second-order valence-corrected chi connectivity index (χ2v) is 8.82. The molecule has 0 spiro atoms. The SMILES string of the molecule is N#CC[C@@H]1CN(Cc2ncc[nH]2)CCN1C(=O)c1cc(Cc2n[nH]c(=O)c3ccccc23)ccc1F. The Morgan fingerprint density at radius 1 is 1.19 bits per heavy atom. The van der Waals surface area contributed by atoms with Crippen LogP contribution in [0, 0.1) is 17.1 Å². The molecule has 1 atom stereocenters. The Morgan fingerprint density at radius 2 is 2.03 bits per heavy atom.